The number of hydrogen-bond donors (Lipinski definition) is 1. The van der Waals surface area contributed by atoms with E-state index in [4.69, 9.17) is 16.3 Å². The van der Waals surface area contributed by atoms with E-state index in [9.17, 15) is 9.59 Å². The highest BCUT2D eigenvalue weighted by Gasteiger charge is 2.51. The van der Waals surface area contributed by atoms with Gasteiger partial charge in [-0.05, 0) is 101 Å². The van der Waals surface area contributed by atoms with Crippen molar-refractivity contribution in [3.63, 3.8) is 0 Å². The van der Waals surface area contributed by atoms with Crippen LogP contribution in [-0.2, 0) is 9.59 Å². The molecule has 0 radical (unpaired) electrons. The van der Waals surface area contributed by atoms with E-state index in [1.807, 2.05) is 19.1 Å². The number of nitrogens with zero attached hydrogens (tertiary/aromatic N) is 1. The summed E-state index contributed by atoms with van der Waals surface area (Å²) in [6.07, 6.45) is 8.59. The van der Waals surface area contributed by atoms with Crippen LogP contribution in [0.25, 0.3) is 0 Å². The maximum absolute atomic E-state index is 12.8. The molecule has 2 saturated carbocycles. The van der Waals surface area contributed by atoms with Gasteiger partial charge in [-0.2, -0.15) is 0 Å². The van der Waals surface area contributed by atoms with E-state index >= 15 is 0 Å². The summed E-state index contributed by atoms with van der Waals surface area (Å²) < 4.78 is 6.02. The molecule has 1 aromatic carbocycles. The summed E-state index contributed by atoms with van der Waals surface area (Å²) in [6.45, 7) is 7.10. The van der Waals surface area contributed by atoms with Gasteiger partial charge in [0.25, 0.3) is 5.91 Å². The van der Waals surface area contributed by atoms with Crippen LogP contribution in [0.2, 0.25) is 5.02 Å². The molecular weight excluding hydrogens is 412 g/mol. The van der Waals surface area contributed by atoms with Crippen molar-refractivity contribution in [3.8, 4) is 5.75 Å². The Balaban J connectivity index is 1.30. The summed E-state index contributed by atoms with van der Waals surface area (Å²) in [4.78, 5) is 27.5. The van der Waals surface area contributed by atoms with E-state index in [0.717, 1.165) is 50.1 Å². The van der Waals surface area contributed by atoms with Crippen LogP contribution in [0.5, 0.6) is 5.75 Å². The number of benzene rings is 1. The van der Waals surface area contributed by atoms with Gasteiger partial charge in [-0.1, -0.05) is 11.6 Å². The fraction of sp³-hybridized carbons (Fsp3) is 0.680. The highest BCUT2D eigenvalue weighted by atomic mass is 35.5. The Morgan fingerprint density at radius 3 is 2.87 bits per heavy atom. The molecule has 4 rings (SSSR count). The quantitative estimate of drug-likeness (QED) is 0.649. The first kappa shape index (κ1) is 22.4. The molecule has 1 saturated heterocycles. The van der Waals surface area contributed by atoms with Gasteiger partial charge in [0.1, 0.15) is 5.75 Å². The van der Waals surface area contributed by atoms with E-state index in [1.165, 1.54) is 19.3 Å². The Morgan fingerprint density at radius 2 is 2.16 bits per heavy atom. The van der Waals surface area contributed by atoms with Crippen LogP contribution in [0.4, 0.5) is 0 Å². The van der Waals surface area contributed by atoms with Gasteiger partial charge in [0.2, 0.25) is 5.91 Å². The zero-order chi connectivity index (χ0) is 22.2. The number of fused-ring (bicyclic) bond motifs is 2. The molecule has 3 aliphatic rings. The summed E-state index contributed by atoms with van der Waals surface area (Å²) in [5.74, 6) is 2.22. The van der Waals surface area contributed by atoms with Gasteiger partial charge < -0.3 is 15.0 Å². The number of hydrogen-bond acceptors (Lipinski definition) is 3. The third kappa shape index (κ3) is 4.72. The summed E-state index contributed by atoms with van der Waals surface area (Å²) in [7, 11) is 0. The lowest BCUT2D eigenvalue weighted by atomic mass is 9.74. The summed E-state index contributed by atoms with van der Waals surface area (Å²) >= 11 is 6.02. The lowest BCUT2D eigenvalue weighted by molar-refractivity contribution is -0.134. The molecule has 2 bridgehead atoms. The minimum atomic E-state index is -0.965. The van der Waals surface area contributed by atoms with Gasteiger partial charge in [-0.15, -0.1) is 0 Å². The molecule has 1 aliphatic heterocycles. The maximum Gasteiger partial charge on any atom is 0.263 e. The molecular formula is C25H35ClN2O3. The first-order valence-corrected chi connectivity index (χ1v) is 12.1. The first-order chi connectivity index (χ1) is 14.7. The van der Waals surface area contributed by atoms with Gasteiger partial charge in [0, 0.05) is 30.1 Å². The average molecular weight is 447 g/mol. The molecule has 5 nitrogen and oxygen atoms in total. The molecule has 0 spiro atoms. The lowest BCUT2D eigenvalue weighted by Crippen LogP contribution is -2.51. The van der Waals surface area contributed by atoms with E-state index < -0.39 is 5.60 Å². The molecule has 2 amide bonds. The van der Waals surface area contributed by atoms with Crippen LogP contribution < -0.4 is 10.1 Å². The third-order valence-corrected chi connectivity index (χ3v) is 7.79. The molecule has 2 aliphatic carbocycles. The Morgan fingerprint density at radius 1 is 1.35 bits per heavy atom. The smallest absolute Gasteiger partial charge is 0.263 e. The minimum Gasteiger partial charge on any atom is -0.478 e. The summed E-state index contributed by atoms with van der Waals surface area (Å²) in [5.41, 5.74) is 0.0420. The third-order valence-electron chi connectivity index (χ3n) is 7.55. The van der Waals surface area contributed by atoms with Crippen molar-refractivity contribution in [3.05, 3.63) is 28.8 Å². The van der Waals surface area contributed by atoms with Crippen molar-refractivity contribution in [1.82, 2.24) is 10.2 Å². The molecule has 3 atom stereocenters. The normalized spacial score (nSPS) is 28.1. The fourth-order valence-corrected chi connectivity index (χ4v) is 6.30. The fourth-order valence-electron chi connectivity index (χ4n) is 6.07. The topological polar surface area (TPSA) is 58.6 Å². The second-order valence-electron chi connectivity index (χ2n) is 10.4. The standard InChI is InChI=1S/C25H35ClN2O3/c1-17-13-20(26)6-7-21(17)31-24(2,3)23(30)27-11-9-19-14-18-8-10-25(15-18,16-19)28-12-4-5-22(28)29/h6-7,13,18-19H,4-5,8-12,14-16H2,1-3H3,(H,27,30)/t18-,19?,25-/m0/s1. The monoisotopic (exact) mass is 446 g/mol. The first-order valence-electron chi connectivity index (χ1n) is 11.7. The van der Waals surface area contributed by atoms with Crippen molar-refractivity contribution in [2.75, 3.05) is 13.1 Å². The zero-order valence-electron chi connectivity index (χ0n) is 19.0. The molecule has 170 valence electrons. The number of aryl methyl sites for hydroxylation is 1. The van der Waals surface area contributed by atoms with Crippen molar-refractivity contribution in [2.45, 2.75) is 83.3 Å². The van der Waals surface area contributed by atoms with Gasteiger partial charge in [0.05, 0.1) is 0 Å². The highest BCUT2D eigenvalue weighted by molar-refractivity contribution is 6.30. The molecule has 1 unspecified atom stereocenters. The number of ether oxygens (including phenoxy) is 1. The van der Waals surface area contributed by atoms with E-state index in [0.29, 0.717) is 29.1 Å². The van der Waals surface area contributed by atoms with E-state index in [1.54, 1.807) is 19.9 Å². The predicted molar refractivity (Wildman–Crippen MR) is 122 cm³/mol. The van der Waals surface area contributed by atoms with Gasteiger partial charge >= 0.3 is 0 Å². The van der Waals surface area contributed by atoms with Crippen LogP contribution in [0, 0.1) is 18.8 Å². The largest absolute Gasteiger partial charge is 0.478 e. The number of carbonyl (C=O) groups is 2. The summed E-state index contributed by atoms with van der Waals surface area (Å²) in [6, 6.07) is 5.42. The number of amides is 2. The molecule has 6 heteroatoms. The molecule has 1 N–H and O–H groups in total. The second kappa shape index (κ2) is 8.65. The Bertz CT molecular complexity index is 855. The molecule has 1 aromatic rings. The molecule has 0 aromatic heterocycles. The number of nitrogens with one attached hydrogen (secondary N) is 1. The molecule has 31 heavy (non-hydrogen) atoms. The van der Waals surface area contributed by atoms with Crippen molar-refractivity contribution < 1.29 is 14.3 Å². The van der Waals surface area contributed by atoms with Crippen molar-refractivity contribution >= 4 is 23.4 Å². The Hall–Kier alpha value is -1.75. The maximum atomic E-state index is 12.8. The van der Waals surface area contributed by atoms with E-state index in [-0.39, 0.29) is 11.4 Å². The van der Waals surface area contributed by atoms with Crippen LogP contribution in [0.3, 0.4) is 0 Å². The van der Waals surface area contributed by atoms with Crippen molar-refractivity contribution in [2.24, 2.45) is 11.8 Å². The number of rotatable bonds is 7. The van der Waals surface area contributed by atoms with Crippen LogP contribution >= 0.6 is 11.6 Å². The highest BCUT2D eigenvalue weighted by Crippen LogP contribution is 2.52. The SMILES string of the molecule is Cc1cc(Cl)ccc1OC(C)(C)C(=O)NCCC1C[C@@H]2CC[C@@](N3CCCC3=O)(C1)C2. The minimum absolute atomic E-state index is 0.0969. The Labute approximate surface area is 190 Å². The summed E-state index contributed by atoms with van der Waals surface area (Å²) in [5, 5.41) is 3.75. The van der Waals surface area contributed by atoms with Crippen LogP contribution in [0.15, 0.2) is 18.2 Å². The van der Waals surface area contributed by atoms with Gasteiger partial charge in [-0.3, -0.25) is 9.59 Å². The zero-order valence-corrected chi connectivity index (χ0v) is 19.8. The molecule has 1 heterocycles. The Kier molecular flexibility index (Phi) is 6.26. The second-order valence-corrected chi connectivity index (χ2v) is 10.8. The average Bonchev–Trinajstić information content (AvgIpc) is 3.27. The van der Waals surface area contributed by atoms with E-state index in [2.05, 4.69) is 10.2 Å². The van der Waals surface area contributed by atoms with Gasteiger partial charge in [-0.25, -0.2) is 0 Å². The lowest BCUT2D eigenvalue weighted by Gasteiger charge is -2.44. The van der Waals surface area contributed by atoms with Gasteiger partial charge in [0.15, 0.2) is 5.60 Å². The number of carbonyl (C=O) groups excluding carboxylic acids is 2. The van der Waals surface area contributed by atoms with Crippen LogP contribution in [0.1, 0.15) is 70.8 Å². The number of likely N-dealkylation sites (tertiary alicyclic amines) is 1. The predicted octanol–water partition coefficient (Wildman–Crippen LogP) is 4.88. The van der Waals surface area contributed by atoms with Crippen LogP contribution in [-0.4, -0.2) is 40.9 Å². The van der Waals surface area contributed by atoms with Crippen molar-refractivity contribution in [1.29, 1.82) is 0 Å². The number of halogens is 1. The molecule has 3 fully saturated rings.